The highest BCUT2D eigenvalue weighted by atomic mass is 35.5. The lowest BCUT2D eigenvalue weighted by Crippen LogP contribution is -2.35. The highest BCUT2D eigenvalue weighted by Crippen LogP contribution is 2.16. The molecule has 0 bridgehead atoms. The van der Waals surface area contributed by atoms with E-state index in [-0.39, 0.29) is 5.91 Å². The Hall–Kier alpha value is -1.28. The summed E-state index contributed by atoms with van der Waals surface area (Å²) in [6.07, 6.45) is 5.12. The van der Waals surface area contributed by atoms with Gasteiger partial charge >= 0.3 is 0 Å². The Morgan fingerprint density at radius 1 is 1.12 bits per heavy atom. The molecule has 1 aromatic rings. The van der Waals surface area contributed by atoms with Crippen LogP contribution in [0.5, 0.6) is 0 Å². The number of benzene rings is 1. The molecule has 1 aromatic carbocycles. The SMILES string of the molecule is O=C(/C(Cl)=C\c1ccccc1)N1CCCCC1. The lowest BCUT2D eigenvalue weighted by molar-refractivity contribution is -0.127. The van der Waals surface area contributed by atoms with E-state index >= 15 is 0 Å². The van der Waals surface area contributed by atoms with Gasteiger partial charge in [-0.15, -0.1) is 0 Å². The van der Waals surface area contributed by atoms with E-state index in [2.05, 4.69) is 0 Å². The number of hydrogen-bond acceptors (Lipinski definition) is 1. The molecule has 0 unspecified atom stereocenters. The van der Waals surface area contributed by atoms with Crippen LogP contribution in [0.1, 0.15) is 24.8 Å². The van der Waals surface area contributed by atoms with Gasteiger partial charge in [-0.3, -0.25) is 4.79 Å². The molecule has 1 aliphatic rings. The standard InChI is InChI=1S/C14H16ClNO/c15-13(11-12-7-3-1-4-8-12)14(17)16-9-5-2-6-10-16/h1,3-4,7-8,11H,2,5-6,9-10H2/b13-11+. The van der Waals surface area contributed by atoms with Crippen LogP contribution in [0, 0.1) is 0 Å². The number of carbonyl (C=O) groups excluding carboxylic acids is 1. The van der Waals surface area contributed by atoms with Crippen LogP contribution in [0.25, 0.3) is 6.08 Å². The van der Waals surface area contributed by atoms with Crippen molar-refractivity contribution in [3.05, 3.63) is 40.9 Å². The first kappa shape index (κ1) is 12.2. The molecule has 0 radical (unpaired) electrons. The molecule has 0 N–H and O–H groups in total. The summed E-state index contributed by atoms with van der Waals surface area (Å²) in [6, 6.07) is 9.68. The Balaban J connectivity index is 2.06. The first-order valence-corrected chi connectivity index (χ1v) is 6.37. The zero-order chi connectivity index (χ0) is 12.1. The van der Waals surface area contributed by atoms with Crippen LogP contribution in [0.2, 0.25) is 0 Å². The number of amides is 1. The van der Waals surface area contributed by atoms with E-state index in [4.69, 9.17) is 11.6 Å². The van der Waals surface area contributed by atoms with E-state index in [1.165, 1.54) is 6.42 Å². The van der Waals surface area contributed by atoms with E-state index < -0.39 is 0 Å². The van der Waals surface area contributed by atoms with Crippen LogP contribution in [0.3, 0.4) is 0 Å². The third-order valence-corrected chi connectivity index (χ3v) is 3.21. The van der Waals surface area contributed by atoms with Gasteiger partial charge in [0.2, 0.25) is 0 Å². The second-order valence-corrected chi connectivity index (χ2v) is 4.66. The molecule has 17 heavy (non-hydrogen) atoms. The van der Waals surface area contributed by atoms with E-state index in [0.29, 0.717) is 5.03 Å². The number of nitrogens with zero attached hydrogens (tertiary/aromatic N) is 1. The molecule has 3 heteroatoms. The van der Waals surface area contributed by atoms with Gasteiger partial charge in [0.25, 0.3) is 5.91 Å². The van der Waals surface area contributed by atoms with Crippen LogP contribution in [0.4, 0.5) is 0 Å². The molecule has 0 saturated carbocycles. The van der Waals surface area contributed by atoms with E-state index in [1.54, 1.807) is 6.08 Å². The Kier molecular flexibility index (Phi) is 4.21. The van der Waals surface area contributed by atoms with Gasteiger partial charge in [-0.2, -0.15) is 0 Å². The smallest absolute Gasteiger partial charge is 0.265 e. The van der Waals surface area contributed by atoms with E-state index in [1.807, 2.05) is 35.2 Å². The third-order valence-electron chi connectivity index (χ3n) is 2.94. The maximum absolute atomic E-state index is 12.0. The first-order chi connectivity index (χ1) is 8.27. The van der Waals surface area contributed by atoms with Gasteiger partial charge in [-0.1, -0.05) is 41.9 Å². The van der Waals surface area contributed by atoms with Gasteiger partial charge in [0, 0.05) is 13.1 Å². The summed E-state index contributed by atoms with van der Waals surface area (Å²) in [7, 11) is 0. The first-order valence-electron chi connectivity index (χ1n) is 5.99. The maximum atomic E-state index is 12.0. The van der Waals surface area contributed by atoms with Crippen molar-refractivity contribution in [3.8, 4) is 0 Å². The van der Waals surface area contributed by atoms with Crippen molar-refractivity contribution in [3.63, 3.8) is 0 Å². The van der Waals surface area contributed by atoms with Gasteiger partial charge < -0.3 is 4.90 Å². The predicted molar refractivity (Wildman–Crippen MR) is 70.7 cm³/mol. The Bertz CT molecular complexity index is 407. The molecule has 1 amide bonds. The van der Waals surface area contributed by atoms with Gasteiger partial charge in [0.1, 0.15) is 5.03 Å². The minimum atomic E-state index is -0.0461. The second-order valence-electron chi connectivity index (χ2n) is 4.26. The molecule has 90 valence electrons. The highest BCUT2D eigenvalue weighted by molar-refractivity contribution is 6.44. The normalized spacial score (nSPS) is 17.0. The molecule has 2 rings (SSSR count). The summed E-state index contributed by atoms with van der Waals surface area (Å²) in [4.78, 5) is 13.9. The monoisotopic (exact) mass is 249 g/mol. The Labute approximate surface area is 107 Å². The summed E-state index contributed by atoms with van der Waals surface area (Å²) in [5.41, 5.74) is 0.961. The van der Waals surface area contributed by atoms with E-state index in [0.717, 1.165) is 31.5 Å². The number of carbonyl (C=O) groups is 1. The van der Waals surface area contributed by atoms with Crippen molar-refractivity contribution >= 4 is 23.6 Å². The summed E-state index contributed by atoms with van der Waals surface area (Å²) < 4.78 is 0. The molecule has 1 heterocycles. The van der Waals surface area contributed by atoms with Crippen molar-refractivity contribution in [1.29, 1.82) is 0 Å². The number of halogens is 1. The zero-order valence-electron chi connectivity index (χ0n) is 9.73. The van der Waals surface area contributed by atoms with Gasteiger partial charge in [0.05, 0.1) is 0 Å². The molecule has 0 spiro atoms. The Morgan fingerprint density at radius 3 is 2.41 bits per heavy atom. The number of likely N-dealkylation sites (tertiary alicyclic amines) is 1. The molecule has 1 fully saturated rings. The average molecular weight is 250 g/mol. The largest absolute Gasteiger partial charge is 0.338 e. The van der Waals surface area contributed by atoms with Crippen molar-refractivity contribution < 1.29 is 4.79 Å². The topological polar surface area (TPSA) is 20.3 Å². The maximum Gasteiger partial charge on any atom is 0.265 e. The van der Waals surface area contributed by atoms with Crippen molar-refractivity contribution in [1.82, 2.24) is 4.90 Å². The zero-order valence-corrected chi connectivity index (χ0v) is 10.5. The van der Waals surface area contributed by atoms with Gasteiger partial charge in [0.15, 0.2) is 0 Å². The van der Waals surface area contributed by atoms with Crippen LogP contribution in [-0.4, -0.2) is 23.9 Å². The van der Waals surface area contributed by atoms with Gasteiger partial charge in [-0.05, 0) is 30.9 Å². The molecular formula is C14H16ClNO. The molecule has 0 aliphatic carbocycles. The van der Waals surface area contributed by atoms with Gasteiger partial charge in [-0.25, -0.2) is 0 Å². The highest BCUT2D eigenvalue weighted by Gasteiger charge is 2.18. The molecule has 1 aliphatic heterocycles. The minimum Gasteiger partial charge on any atom is -0.338 e. The second kappa shape index (κ2) is 5.87. The molecule has 1 saturated heterocycles. The third kappa shape index (κ3) is 3.34. The summed E-state index contributed by atoms with van der Waals surface area (Å²) >= 11 is 6.07. The summed E-state index contributed by atoms with van der Waals surface area (Å²) in [6.45, 7) is 1.66. The fourth-order valence-electron chi connectivity index (χ4n) is 2.01. The van der Waals surface area contributed by atoms with Crippen molar-refractivity contribution in [2.75, 3.05) is 13.1 Å². The predicted octanol–water partition coefficient (Wildman–Crippen LogP) is 3.28. The average Bonchev–Trinajstić information content (AvgIpc) is 2.40. The fraction of sp³-hybridized carbons (Fsp3) is 0.357. The van der Waals surface area contributed by atoms with Crippen LogP contribution < -0.4 is 0 Å². The lowest BCUT2D eigenvalue weighted by atomic mass is 10.1. The van der Waals surface area contributed by atoms with Crippen LogP contribution in [0.15, 0.2) is 35.4 Å². The molecule has 0 atom stereocenters. The number of hydrogen-bond donors (Lipinski definition) is 0. The van der Waals surface area contributed by atoms with Crippen molar-refractivity contribution in [2.24, 2.45) is 0 Å². The van der Waals surface area contributed by atoms with Crippen LogP contribution >= 0.6 is 11.6 Å². The van der Waals surface area contributed by atoms with Crippen molar-refractivity contribution in [2.45, 2.75) is 19.3 Å². The quantitative estimate of drug-likeness (QED) is 0.737. The molecular weight excluding hydrogens is 234 g/mol. The summed E-state index contributed by atoms with van der Waals surface area (Å²) in [5, 5.41) is 0.304. The van der Waals surface area contributed by atoms with Crippen LogP contribution in [-0.2, 0) is 4.79 Å². The number of piperidine rings is 1. The fourth-order valence-corrected chi connectivity index (χ4v) is 2.25. The van der Waals surface area contributed by atoms with E-state index in [9.17, 15) is 4.79 Å². The number of rotatable bonds is 2. The summed E-state index contributed by atoms with van der Waals surface area (Å²) in [5.74, 6) is -0.0461. The Morgan fingerprint density at radius 2 is 1.76 bits per heavy atom. The minimum absolute atomic E-state index is 0.0461. The lowest BCUT2D eigenvalue weighted by Gasteiger charge is -2.26. The molecule has 0 aromatic heterocycles. The molecule has 2 nitrogen and oxygen atoms in total.